The number of hydrogen-bond acceptors (Lipinski definition) is 15. The summed E-state index contributed by atoms with van der Waals surface area (Å²) >= 11 is 0. The second kappa shape index (κ2) is 14.4. The smallest absolute Gasteiger partial charge is 0.361 e. The SMILES string of the molecule is CC(C)(C)C(=O)OCOP(=O)(COC[C@H]1O[C@@H](c2cnc3c(NC4CCCC4)ncnn23)[C@H](O)[C@@H]1O)OCOC(=O)C(C)(C)C. The Kier molecular flexibility index (Phi) is 11.2. The number of aliphatic hydroxyl groups is 2. The van der Waals surface area contributed by atoms with Gasteiger partial charge in [0.1, 0.15) is 37.1 Å². The van der Waals surface area contributed by atoms with Gasteiger partial charge >= 0.3 is 19.5 Å². The molecule has 3 heterocycles. The highest BCUT2D eigenvalue weighted by Gasteiger charge is 2.45. The first-order chi connectivity index (χ1) is 21.1. The summed E-state index contributed by atoms with van der Waals surface area (Å²) in [5, 5.41) is 29.3. The van der Waals surface area contributed by atoms with Gasteiger partial charge in [0.05, 0.1) is 29.3 Å². The fourth-order valence-corrected chi connectivity index (χ4v) is 5.65. The lowest BCUT2D eigenvalue weighted by molar-refractivity contribution is -0.162. The lowest BCUT2D eigenvalue weighted by atomic mass is 9.98. The zero-order valence-electron chi connectivity index (χ0n) is 26.5. The van der Waals surface area contributed by atoms with Crippen LogP contribution in [-0.2, 0) is 42.1 Å². The summed E-state index contributed by atoms with van der Waals surface area (Å²) in [6.07, 6.45) is 1.79. The monoisotopic (exact) mass is 657 g/mol. The minimum Gasteiger partial charge on any atom is -0.438 e. The first kappa shape index (κ1) is 35.1. The molecular weight excluding hydrogens is 613 g/mol. The molecule has 1 aliphatic heterocycles. The third-order valence-electron chi connectivity index (χ3n) is 7.32. The van der Waals surface area contributed by atoms with Crippen LogP contribution in [-0.4, -0.2) is 92.6 Å². The third-order valence-corrected chi connectivity index (χ3v) is 8.81. The van der Waals surface area contributed by atoms with Crippen LogP contribution in [0.15, 0.2) is 12.5 Å². The first-order valence-corrected chi connectivity index (χ1v) is 16.6. The fraction of sp³-hybridized carbons (Fsp3) is 0.750. The number of carbonyl (C=O) groups excluding carboxylic acids is 2. The predicted octanol–water partition coefficient (Wildman–Crippen LogP) is 2.93. The van der Waals surface area contributed by atoms with E-state index < -0.39 is 74.7 Å². The van der Waals surface area contributed by atoms with Crippen molar-refractivity contribution in [1.82, 2.24) is 19.6 Å². The quantitative estimate of drug-likeness (QED) is 0.161. The van der Waals surface area contributed by atoms with Gasteiger partial charge in [-0.2, -0.15) is 5.10 Å². The van der Waals surface area contributed by atoms with E-state index in [1.165, 1.54) is 17.0 Å². The van der Waals surface area contributed by atoms with Crippen molar-refractivity contribution < 1.29 is 52.4 Å². The largest absolute Gasteiger partial charge is 0.438 e. The molecule has 2 fully saturated rings. The number of fused-ring (bicyclic) bond motifs is 1. The number of carbonyl (C=O) groups is 2. The molecule has 0 radical (unpaired) electrons. The predicted molar refractivity (Wildman–Crippen MR) is 158 cm³/mol. The topological polar surface area (TPSA) is 202 Å². The molecule has 0 amide bonds. The fourth-order valence-electron chi connectivity index (χ4n) is 4.67. The number of anilines is 1. The summed E-state index contributed by atoms with van der Waals surface area (Å²) in [5.74, 6) is -0.639. The molecule has 16 nitrogen and oxygen atoms in total. The first-order valence-electron chi connectivity index (χ1n) is 14.9. The Hall–Kier alpha value is -2.72. The number of hydrogen-bond donors (Lipinski definition) is 3. The van der Waals surface area contributed by atoms with E-state index in [2.05, 4.69) is 20.4 Å². The lowest BCUT2D eigenvalue weighted by Crippen LogP contribution is -2.33. The van der Waals surface area contributed by atoms with Gasteiger partial charge in [-0.05, 0) is 54.4 Å². The normalized spacial score (nSPS) is 23.0. The number of nitrogens with one attached hydrogen (secondary N) is 1. The van der Waals surface area contributed by atoms with E-state index in [9.17, 15) is 24.4 Å². The van der Waals surface area contributed by atoms with Crippen LogP contribution >= 0.6 is 7.60 Å². The Bertz CT molecular complexity index is 1330. The Balaban J connectivity index is 1.38. The molecule has 2 aromatic heterocycles. The molecule has 17 heteroatoms. The number of ether oxygens (including phenoxy) is 4. The van der Waals surface area contributed by atoms with Crippen LogP contribution in [0.3, 0.4) is 0 Å². The molecule has 3 N–H and O–H groups in total. The van der Waals surface area contributed by atoms with Gasteiger partial charge in [0.2, 0.25) is 13.6 Å². The minimum atomic E-state index is -4.16. The van der Waals surface area contributed by atoms with Crippen LogP contribution in [0.5, 0.6) is 0 Å². The second-order valence-electron chi connectivity index (χ2n) is 13.2. The van der Waals surface area contributed by atoms with Crippen LogP contribution in [0.25, 0.3) is 5.65 Å². The number of rotatable bonds is 13. The Morgan fingerprint density at radius 3 is 2.18 bits per heavy atom. The summed E-state index contributed by atoms with van der Waals surface area (Å²) in [6.45, 7) is 8.10. The Labute approximate surface area is 261 Å². The van der Waals surface area contributed by atoms with E-state index in [1.807, 2.05) is 0 Å². The molecule has 252 valence electrons. The highest BCUT2D eigenvalue weighted by molar-refractivity contribution is 7.53. The van der Waals surface area contributed by atoms with Crippen molar-refractivity contribution in [3.63, 3.8) is 0 Å². The number of aromatic nitrogens is 4. The highest BCUT2D eigenvalue weighted by Crippen LogP contribution is 2.48. The van der Waals surface area contributed by atoms with Crippen LogP contribution in [0.1, 0.15) is 79.0 Å². The molecule has 2 aliphatic rings. The number of aliphatic hydroxyl groups excluding tert-OH is 2. The van der Waals surface area contributed by atoms with Gasteiger partial charge in [-0.15, -0.1) is 0 Å². The van der Waals surface area contributed by atoms with Crippen molar-refractivity contribution in [3.8, 4) is 0 Å². The zero-order valence-corrected chi connectivity index (χ0v) is 27.4. The van der Waals surface area contributed by atoms with Crippen molar-refractivity contribution in [2.45, 2.75) is 97.7 Å². The molecule has 1 saturated heterocycles. The molecule has 1 aliphatic carbocycles. The summed E-state index contributed by atoms with van der Waals surface area (Å²) < 4.78 is 47.0. The van der Waals surface area contributed by atoms with E-state index in [0.717, 1.165) is 25.7 Å². The van der Waals surface area contributed by atoms with Crippen molar-refractivity contribution in [2.24, 2.45) is 10.8 Å². The van der Waals surface area contributed by atoms with E-state index in [0.29, 0.717) is 23.2 Å². The maximum absolute atomic E-state index is 13.4. The van der Waals surface area contributed by atoms with E-state index in [1.54, 1.807) is 41.5 Å². The van der Waals surface area contributed by atoms with Crippen molar-refractivity contribution >= 4 is 31.0 Å². The van der Waals surface area contributed by atoms with Gasteiger partial charge in [-0.3, -0.25) is 23.2 Å². The van der Waals surface area contributed by atoms with Crippen LogP contribution < -0.4 is 5.32 Å². The average molecular weight is 658 g/mol. The van der Waals surface area contributed by atoms with Gasteiger partial charge < -0.3 is 34.5 Å². The molecule has 0 aromatic carbocycles. The molecular formula is C28H44N5O11P. The van der Waals surface area contributed by atoms with Crippen LogP contribution in [0, 0.1) is 10.8 Å². The van der Waals surface area contributed by atoms with Crippen LogP contribution in [0.2, 0.25) is 0 Å². The minimum absolute atomic E-state index is 0.292. The summed E-state index contributed by atoms with van der Waals surface area (Å²) in [5.41, 5.74) is -0.809. The third kappa shape index (κ3) is 8.97. The molecule has 4 rings (SSSR count). The van der Waals surface area contributed by atoms with E-state index >= 15 is 0 Å². The van der Waals surface area contributed by atoms with Gasteiger partial charge in [-0.1, -0.05) is 12.8 Å². The molecule has 4 atom stereocenters. The van der Waals surface area contributed by atoms with Crippen molar-refractivity contribution in [1.29, 1.82) is 0 Å². The van der Waals surface area contributed by atoms with Gasteiger partial charge in [0, 0.05) is 6.04 Å². The lowest BCUT2D eigenvalue weighted by Gasteiger charge is -2.22. The molecule has 1 saturated carbocycles. The Morgan fingerprint density at radius 1 is 1.00 bits per heavy atom. The second-order valence-corrected chi connectivity index (χ2v) is 15.2. The van der Waals surface area contributed by atoms with Gasteiger partial charge in [0.15, 0.2) is 11.5 Å². The van der Waals surface area contributed by atoms with Crippen LogP contribution in [0.4, 0.5) is 5.82 Å². The summed E-state index contributed by atoms with van der Waals surface area (Å²) in [4.78, 5) is 33.0. The molecule has 2 aromatic rings. The number of esters is 2. The molecule has 0 unspecified atom stereocenters. The molecule has 45 heavy (non-hydrogen) atoms. The van der Waals surface area contributed by atoms with Gasteiger partial charge in [-0.25, -0.2) is 14.5 Å². The summed E-state index contributed by atoms with van der Waals surface area (Å²) in [7, 11) is -4.16. The van der Waals surface area contributed by atoms with Gasteiger partial charge in [0.25, 0.3) is 0 Å². The molecule has 0 spiro atoms. The van der Waals surface area contributed by atoms with Crippen molar-refractivity contribution in [3.05, 3.63) is 18.2 Å². The zero-order chi connectivity index (χ0) is 33.0. The number of imidazole rings is 1. The van der Waals surface area contributed by atoms with E-state index in [-0.39, 0.29) is 6.61 Å². The highest BCUT2D eigenvalue weighted by atomic mass is 31.2. The van der Waals surface area contributed by atoms with E-state index in [4.69, 9.17) is 28.0 Å². The average Bonchev–Trinajstić information content (AvgIpc) is 3.69. The molecule has 0 bridgehead atoms. The number of nitrogens with zero attached hydrogens (tertiary/aromatic N) is 4. The Morgan fingerprint density at radius 2 is 1.60 bits per heavy atom. The summed E-state index contributed by atoms with van der Waals surface area (Å²) in [6, 6.07) is 0.292. The van der Waals surface area contributed by atoms with Crippen molar-refractivity contribution in [2.75, 3.05) is 31.9 Å². The maximum Gasteiger partial charge on any atom is 0.361 e. The maximum atomic E-state index is 13.4. The standard InChI is InChI=1S/C28H44N5O11P/c1-27(2,3)25(36)40-14-42-45(38,43-15-41-26(37)28(4,5)6)16-39-12-19-20(34)21(35)22(44-19)18-11-29-24-23(30-13-31-33(18)24)32-17-9-7-8-10-17/h11,13,17,19-22,34-35H,7-10,12,14-16H2,1-6H3,(H,30,31,32)/t19-,20-,21-,22+/m1/s1.